The van der Waals surface area contributed by atoms with Crippen molar-refractivity contribution in [2.24, 2.45) is 0 Å². The summed E-state index contributed by atoms with van der Waals surface area (Å²) in [5.41, 5.74) is 1.40. The lowest BCUT2D eigenvalue weighted by molar-refractivity contribution is 0.208. The quantitative estimate of drug-likeness (QED) is 0.664. The van der Waals surface area contributed by atoms with Crippen LogP contribution in [0.1, 0.15) is 5.56 Å². The molecule has 1 aromatic heterocycles. The van der Waals surface area contributed by atoms with Crippen molar-refractivity contribution in [2.45, 2.75) is 11.3 Å². The van der Waals surface area contributed by atoms with Crippen molar-refractivity contribution >= 4 is 38.3 Å². The SMILES string of the molecule is COc1ccc(OC(=O)N2CCc3cc(S(=O)(=O)Nc4nccs4)ccc32)cc1. The van der Waals surface area contributed by atoms with Crippen LogP contribution in [-0.4, -0.2) is 33.1 Å². The van der Waals surface area contributed by atoms with Crippen molar-refractivity contribution in [3.05, 3.63) is 59.6 Å². The predicted octanol–water partition coefficient (Wildman–Crippen LogP) is 3.51. The fraction of sp³-hybridized carbons (Fsp3) is 0.158. The smallest absolute Gasteiger partial charge is 0.419 e. The Labute approximate surface area is 171 Å². The molecule has 0 fully saturated rings. The Kier molecular flexibility index (Phi) is 5.12. The fourth-order valence-corrected chi connectivity index (χ4v) is 4.82. The largest absolute Gasteiger partial charge is 0.497 e. The number of sulfonamides is 1. The molecule has 3 aromatic rings. The second-order valence-corrected chi connectivity index (χ2v) is 8.76. The van der Waals surface area contributed by atoms with Crippen LogP contribution in [0.4, 0.5) is 15.6 Å². The first-order valence-corrected chi connectivity index (χ1v) is 11.0. The summed E-state index contributed by atoms with van der Waals surface area (Å²) in [4.78, 5) is 18.1. The van der Waals surface area contributed by atoms with Gasteiger partial charge < -0.3 is 9.47 Å². The summed E-state index contributed by atoms with van der Waals surface area (Å²) < 4.78 is 38.0. The van der Waals surface area contributed by atoms with Gasteiger partial charge in [0, 0.05) is 18.1 Å². The first-order valence-electron chi connectivity index (χ1n) is 8.65. The molecule has 8 nitrogen and oxygen atoms in total. The second-order valence-electron chi connectivity index (χ2n) is 6.18. The summed E-state index contributed by atoms with van der Waals surface area (Å²) in [5.74, 6) is 1.06. The summed E-state index contributed by atoms with van der Waals surface area (Å²) in [5, 5.41) is 1.99. The number of nitrogens with zero attached hydrogens (tertiary/aromatic N) is 2. The summed E-state index contributed by atoms with van der Waals surface area (Å²) >= 11 is 1.20. The van der Waals surface area contributed by atoms with Crippen LogP contribution in [0.2, 0.25) is 0 Å². The lowest BCUT2D eigenvalue weighted by Crippen LogP contribution is -2.31. The van der Waals surface area contributed by atoms with Crippen LogP contribution >= 0.6 is 11.3 Å². The van der Waals surface area contributed by atoms with Crippen LogP contribution in [0.25, 0.3) is 0 Å². The van der Waals surface area contributed by atoms with Gasteiger partial charge in [0.15, 0.2) is 5.13 Å². The Balaban J connectivity index is 1.51. The Bertz CT molecular complexity index is 1130. The van der Waals surface area contributed by atoms with Crippen LogP contribution in [0.5, 0.6) is 11.5 Å². The van der Waals surface area contributed by atoms with Gasteiger partial charge in [0.2, 0.25) is 0 Å². The molecule has 10 heteroatoms. The predicted molar refractivity (Wildman–Crippen MR) is 109 cm³/mol. The number of thiazole rings is 1. The van der Waals surface area contributed by atoms with Crippen LogP contribution in [0, 0.1) is 0 Å². The van der Waals surface area contributed by atoms with Gasteiger partial charge in [-0.3, -0.25) is 9.62 Å². The van der Waals surface area contributed by atoms with Gasteiger partial charge >= 0.3 is 6.09 Å². The normalized spacial score (nSPS) is 13.1. The molecule has 150 valence electrons. The van der Waals surface area contributed by atoms with Gasteiger partial charge in [-0.2, -0.15) is 0 Å². The minimum atomic E-state index is -3.75. The van der Waals surface area contributed by atoms with Crippen LogP contribution in [-0.2, 0) is 16.4 Å². The molecular weight excluding hydrogens is 414 g/mol. The average molecular weight is 431 g/mol. The first kappa shape index (κ1) is 19.2. The van der Waals surface area contributed by atoms with Gasteiger partial charge in [0.1, 0.15) is 11.5 Å². The number of benzene rings is 2. The van der Waals surface area contributed by atoms with E-state index >= 15 is 0 Å². The molecular formula is C19H17N3O5S2. The van der Waals surface area contributed by atoms with Gasteiger partial charge in [0.25, 0.3) is 10.0 Å². The highest BCUT2D eigenvalue weighted by Gasteiger charge is 2.28. The van der Waals surface area contributed by atoms with Crippen molar-refractivity contribution in [1.82, 2.24) is 4.98 Å². The number of hydrogen-bond donors (Lipinski definition) is 1. The maximum atomic E-state index is 12.6. The molecule has 0 saturated carbocycles. The van der Waals surface area contributed by atoms with Crippen molar-refractivity contribution in [3.8, 4) is 11.5 Å². The fourth-order valence-electron chi connectivity index (χ4n) is 2.98. The molecule has 0 spiro atoms. The highest BCUT2D eigenvalue weighted by atomic mass is 32.2. The van der Waals surface area contributed by atoms with Crippen molar-refractivity contribution in [3.63, 3.8) is 0 Å². The van der Waals surface area contributed by atoms with Crippen LogP contribution < -0.4 is 19.1 Å². The van der Waals surface area contributed by atoms with Gasteiger partial charge in [-0.1, -0.05) is 0 Å². The lowest BCUT2D eigenvalue weighted by atomic mass is 10.2. The Morgan fingerprint density at radius 1 is 1.17 bits per heavy atom. The number of methoxy groups -OCH3 is 1. The molecule has 0 aliphatic carbocycles. The number of hydrogen-bond acceptors (Lipinski definition) is 7. The minimum Gasteiger partial charge on any atom is -0.497 e. The summed E-state index contributed by atoms with van der Waals surface area (Å²) in [7, 11) is -2.19. The van der Waals surface area contributed by atoms with Gasteiger partial charge in [0.05, 0.1) is 17.7 Å². The first-order chi connectivity index (χ1) is 14.0. The number of aromatic nitrogens is 1. The van der Waals surface area contributed by atoms with E-state index in [1.807, 2.05) is 0 Å². The molecule has 0 bridgehead atoms. The molecule has 1 aliphatic heterocycles. The number of carbonyl (C=O) groups excluding carboxylic acids is 1. The van der Waals surface area contributed by atoms with E-state index in [4.69, 9.17) is 9.47 Å². The summed E-state index contributed by atoms with van der Waals surface area (Å²) in [6, 6.07) is 11.4. The van der Waals surface area contributed by atoms with E-state index in [-0.39, 0.29) is 4.90 Å². The topological polar surface area (TPSA) is 97.8 Å². The summed E-state index contributed by atoms with van der Waals surface area (Å²) in [6.45, 7) is 0.410. The zero-order chi connectivity index (χ0) is 20.4. The van der Waals surface area contributed by atoms with Gasteiger partial charge in [-0.05, 0) is 54.4 Å². The molecule has 29 heavy (non-hydrogen) atoms. The molecule has 0 unspecified atom stereocenters. The highest BCUT2D eigenvalue weighted by molar-refractivity contribution is 7.93. The number of amides is 1. The van der Waals surface area contributed by atoms with Crippen LogP contribution in [0.15, 0.2) is 58.9 Å². The van der Waals surface area contributed by atoms with Crippen molar-refractivity contribution in [1.29, 1.82) is 0 Å². The monoisotopic (exact) mass is 431 g/mol. The number of nitrogens with one attached hydrogen (secondary N) is 1. The Morgan fingerprint density at radius 3 is 2.62 bits per heavy atom. The maximum Gasteiger partial charge on any atom is 0.419 e. The second kappa shape index (κ2) is 7.72. The molecule has 1 amide bonds. The van der Waals surface area contributed by atoms with E-state index in [2.05, 4.69) is 9.71 Å². The molecule has 0 radical (unpaired) electrons. The third-order valence-corrected chi connectivity index (χ3v) is 6.55. The molecule has 2 heterocycles. The standard InChI is InChI=1S/C19H17N3O5S2/c1-26-14-2-4-15(5-3-14)27-19(23)22-10-8-13-12-16(6-7-17(13)22)29(24,25)21-18-20-9-11-28-18/h2-7,9,11-12H,8,10H2,1H3,(H,20,21). The summed E-state index contributed by atoms with van der Waals surface area (Å²) in [6.07, 6.45) is 1.54. The van der Waals surface area contributed by atoms with E-state index < -0.39 is 16.1 Å². The van der Waals surface area contributed by atoms with E-state index in [9.17, 15) is 13.2 Å². The number of fused-ring (bicyclic) bond motifs is 1. The van der Waals surface area contributed by atoms with Crippen molar-refractivity contribution in [2.75, 3.05) is 23.3 Å². The molecule has 1 N–H and O–H groups in total. The minimum absolute atomic E-state index is 0.122. The molecule has 1 aliphatic rings. The van der Waals surface area contributed by atoms with Crippen LogP contribution in [0.3, 0.4) is 0 Å². The molecule has 4 rings (SSSR count). The number of anilines is 2. The third kappa shape index (κ3) is 4.03. The van der Waals surface area contributed by atoms with E-state index in [1.54, 1.807) is 48.9 Å². The number of ether oxygens (including phenoxy) is 2. The Morgan fingerprint density at radius 2 is 1.93 bits per heavy atom. The van der Waals surface area contributed by atoms with E-state index in [0.717, 1.165) is 5.56 Å². The zero-order valence-electron chi connectivity index (χ0n) is 15.4. The number of carbonyl (C=O) groups is 1. The van der Waals surface area contributed by atoms with Gasteiger partial charge in [-0.25, -0.2) is 18.2 Å². The van der Waals surface area contributed by atoms with E-state index in [1.165, 1.54) is 28.5 Å². The molecule has 0 saturated heterocycles. The third-order valence-electron chi connectivity index (χ3n) is 4.40. The number of rotatable bonds is 5. The maximum absolute atomic E-state index is 12.6. The van der Waals surface area contributed by atoms with E-state index in [0.29, 0.717) is 35.3 Å². The lowest BCUT2D eigenvalue weighted by Gasteiger charge is -2.17. The average Bonchev–Trinajstić information content (AvgIpc) is 3.37. The van der Waals surface area contributed by atoms with Gasteiger partial charge in [-0.15, -0.1) is 11.3 Å². The Hall–Kier alpha value is -3.11. The van der Waals surface area contributed by atoms with Crippen molar-refractivity contribution < 1.29 is 22.7 Å². The molecule has 0 atom stereocenters. The molecule has 2 aromatic carbocycles. The highest BCUT2D eigenvalue weighted by Crippen LogP contribution is 2.32. The zero-order valence-corrected chi connectivity index (χ0v) is 17.0.